The van der Waals surface area contributed by atoms with Gasteiger partial charge in [0.1, 0.15) is 0 Å². The molecular formula is C17H30N4. The number of likely N-dealkylation sites (tertiary alicyclic amines) is 1. The van der Waals surface area contributed by atoms with Crippen molar-refractivity contribution in [2.24, 2.45) is 0 Å². The maximum absolute atomic E-state index is 6.09. The van der Waals surface area contributed by atoms with Crippen molar-refractivity contribution < 1.29 is 0 Å². The molecule has 0 spiro atoms. The van der Waals surface area contributed by atoms with Gasteiger partial charge in [-0.3, -0.25) is 9.88 Å². The molecule has 21 heavy (non-hydrogen) atoms. The number of likely N-dealkylation sites (N-methyl/N-ethyl adjacent to an activating group) is 1. The van der Waals surface area contributed by atoms with E-state index in [4.69, 9.17) is 5.73 Å². The second-order valence-corrected chi connectivity index (χ2v) is 6.67. The van der Waals surface area contributed by atoms with Gasteiger partial charge in [-0.25, -0.2) is 0 Å². The van der Waals surface area contributed by atoms with E-state index < -0.39 is 0 Å². The molecule has 1 fully saturated rings. The zero-order valence-corrected chi connectivity index (χ0v) is 13.7. The molecule has 0 aliphatic carbocycles. The van der Waals surface area contributed by atoms with Crippen LogP contribution in [0.5, 0.6) is 0 Å². The van der Waals surface area contributed by atoms with Gasteiger partial charge in [0.05, 0.1) is 0 Å². The van der Waals surface area contributed by atoms with E-state index in [0.717, 1.165) is 17.7 Å². The van der Waals surface area contributed by atoms with E-state index >= 15 is 0 Å². The first-order valence-electron chi connectivity index (χ1n) is 8.16. The van der Waals surface area contributed by atoms with E-state index in [1.807, 2.05) is 12.3 Å². The molecule has 1 atom stereocenters. The van der Waals surface area contributed by atoms with Crippen LogP contribution < -0.4 is 11.1 Å². The van der Waals surface area contributed by atoms with E-state index in [2.05, 4.69) is 36.1 Å². The van der Waals surface area contributed by atoms with Crippen LogP contribution in [-0.4, -0.2) is 41.6 Å². The van der Waals surface area contributed by atoms with Crippen LogP contribution in [-0.2, 0) is 6.42 Å². The number of anilines is 1. The molecule has 3 N–H and O–H groups in total. The van der Waals surface area contributed by atoms with Crippen molar-refractivity contribution >= 4 is 5.69 Å². The largest absolute Gasteiger partial charge is 0.398 e. The third-order valence-corrected chi connectivity index (χ3v) is 4.99. The molecule has 1 aromatic heterocycles. The summed E-state index contributed by atoms with van der Waals surface area (Å²) in [5.41, 5.74) is 8.18. The highest BCUT2D eigenvalue weighted by atomic mass is 15.2. The molecule has 0 bridgehead atoms. The highest BCUT2D eigenvalue weighted by Crippen LogP contribution is 2.26. The number of rotatable bonds is 5. The Morgan fingerprint density at radius 3 is 2.52 bits per heavy atom. The summed E-state index contributed by atoms with van der Waals surface area (Å²) in [5.74, 6) is 0. The van der Waals surface area contributed by atoms with Crippen LogP contribution in [0, 0.1) is 0 Å². The summed E-state index contributed by atoms with van der Waals surface area (Å²) in [5, 5.41) is 3.51. The van der Waals surface area contributed by atoms with Gasteiger partial charge in [-0.1, -0.05) is 12.8 Å². The summed E-state index contributed by atoms with van der Waals surface area (Å²) in [6.07, 6.45) is 9.94. The molecule has 0 saturated carbocycles. The summed E-state index contributed by atoms with van der Waals surface area (Å²) in [4.78, 5) is 6.87. The van der Waals surface area contributed by atoms with E-state index in [1.165, 1.54) is 38.8 Å². The molecule has 0 aromatic carbocycles. The lowest BCUT2D eigenvalue weighted by Crippen LogP contribution is -2.58. The Bertz CT molecular complexity index is 436. The van der Waals surface area contributed by atoms with Crippen LogP contribution in [0.15, 0.2) is 18.5 Å². The van der Waals surface area contributed by atoms with Crippen molar-refractivity contribution in [2.75, 3.05) is 25.9 Å². The highest BCUT2D eigenvalue weighted by molar-refractivity contribution is 5.44. The molecule has 2 rings (SSSR count). The Balaban J connectivity index is 2.12. The zero-order valence-electron chi connectivity index (χ0n) is 13.7. The topological polar surface area (TPSA) is 54.2 Å². The molecule has 1 unspecified atom stereocenters. The van der Waals surface area contributed by atoms with Crippen LogP contribution in [0.3, 0.4) is 0 Å². The van der Waals surface area contributed by atoms with Crippen molar-refractivity contribution in [1.29, 1.82) is 0 Å². The monoisotopic (exact) mass is 290 g/mol. The Morgan fingerprint density at radius 1 is 1.29 bits per heavy atom. The minimum atomic E-state index is 0.112. The maximum atomic E-state index is 6.09. The number of nitrogens with zero attached hydrogens (tertiary/aromatic N) is 2. The van der Waals surface area contributed by atoms with Gasteiger partial charge < -0.3 is 11.1 Å². The molecule has 1 aliphatic rings. The van der Waals surface area contributed by atoms with Gasteiger partial charge in [0.15, 0.2) is 0 Å². The Labute approximate surface area is 129 Å². The van der Waals surface area contributed by atoms with Crippen LogP contribution in [0.2, 0.25) is 0 Å². The summed E-state index contributed by atoms with van der Waals surface area (Å²) in [6, 6.07) is 2.25. The maximum Gasteiger partial charge on any atom is 0.0378 e. The van der Waals surface area contributed by atoms with Crippen molar-refractivity contribution in [1.82, 2.24) is 15.2 Å². The standard InChI is InChI=1S/C17H30N4/c1-17(2,21-10-6-4-5-7-11-21)16(19-3)12-14-13-20-9-8-15(14)18/h8-9,13,16,19H,4-7,10-12H2,1-3H3,(H2,18,20). The fraction of sp³-hybridized carbons (Fsp3) is 0.706. The van der Waals surface area contributed by atoms with Crippen molar-refractivity contribution in [2.45, 2.75) is 57.5 Å². The number of aromatic nitrogens is 1. The normalized spacial score (nSPS) is 19.2. The fourth-order valence-corrected chi connectivity index (χ4v) is 3.40. The molecule has 2 heterocycles. The first-order valence-corrected chi connectivity index (χ1v) is 8.16. The quantitative estimate of drug-likeness (QED) is 0.874. The van der Waals surface area contributed by atoms with Crippen LogP contribution >= 0.6 is 0 Å². The Kier molecular flexibility index (Phi) is 5.59. The second kappa shape index (κ2) is 7.23. The van der Waals surface area contributed by atoms with Crippen molar-refractivity contribution in [3.05, 3.63) is 24.0 Å². The van der Waals surface area contributed by atoms with Crippen molar-refractivity contribution in [3.63, 3.8) is 0 Å². The summed E-state index contributed by atoms with van der Waals surface area (Å²) in [6.45, 7) is 7.11. The SMILES string of the molecule is CNC(Cc1cnccc1N)C(C)(C)N1CCCCCC1. The molecule has 4 nitrogen and oxygen atoms in total. The fourth-order valence-electron chi connectivity index (χ4n) is 3.40. The molecule has 0 amide bonds. The van der Waals surface area contributed by atoms with E-state index in [9.17, 15) is 0 Å². The Hall–Kier alpha value is -1.13. The first kappa shape index (κ1) is 16.2. The minimum Gasteiger partial charge on any atom is -0.398 e. The molecule has 0 radical (unpaired) electrons. The number of nitrogens with one attached hydrogen (secondary N) is 1. The average molecular weight is 290 g/mol. The van der Waals surface area contributed by atoms with Gasteiger partial charge in [0, 0.05) is 29.7 Å². The Morgan fingerprint density at radius 2 is 1.95 bits per heavy atom. The lowest BCUT2D eigenvalue weighted by atomic mass is 9.87. The second-order valence-electron chi connectivity index (χ2n) is 6.67. The number of nitrogens with two attached hydrogens (primary N) is 1. The van der Waals surface area contributed by atoms with Gasteiger partial charge in [-0.15, -0.1) is 0 Å². The summed E-state index contributed by atoms with van der Waals surface area (Å²) < 4.78 is 0. The first-order chi connectivity index (χ1) is 10.1. The molecule has 1 saturated heterocycles. The average Bonchev–Trinajstić information content (AvgIpc) is 2.75. The van der Waals surface area contributed by atoms with Crippen LogP contribution in [0.1, 0.15) is 45.1 Å². The van der Waals surface area contributed by atoms with Crippen LogP contribution in [0.25, 0.3) is 0 Å². The van der Waals surface area contributed by atoms with Crippen molar-refractivity contribution in [3.8, 4) is 0 Å². The summed E-state index contributed by atoms with van der Waals surface area (Å²) >= 11 is 0. The van der Waals surface area contributed by atoms with Gasteiger partial charge in [0.2, 0.25) is 0 Å². The van der Waals surface area contributed by atoms with E-state index in [-0.39, 0.29) is 5.54 Å². The third kappa shape index (κ3) is 3.95. The highest BCUT2D eigenvalue weighted by Gasteiger charge is 2.34. The predicted octanol–water partition coefficient (Wildman–Crippen LogP) is 2.45. The molecule has 1 aliphatic heterocycles. The molecule has 1 aromatic rings. The number of pyridine rings is 1. The lowest BCUT2D eigenvalue weighted by molar-refractivity contribution is 0.0865. The number of hydrogen-bond acceptors (Lipinski definition) is 4. The minimum absolute atomic E-state index is 0.112. The molecule has 118 valence electrons. The van der Waals surface area contributed by atoms with E-state index in [0.29, 0.717) is 6.04 Å². The van der Waals surface area contributed by atoms with Gasteiger partial charge >= 0.3 is 0 Å². The summed E-state index contributed by atoms with van der Waals surface area (Å²) in [7, 11) is 2.05. The predicted molar refractivity (Wildman–Crippen MR) is 89.3 cm³/mol. The zero-order chi connectivity index (χ0) is 15.3. The number of hydrogen-bond donors (Lipinski definition) is 2. The molecule has 4 heteroatoms. The lowest BCUT2D eigenvalue weighted by Gasteiger charge is -2.44. The van der Waals surface area contributed by atoms with Crippen LogP contribution in [0.4, 0.5) is 5.69 Å². The number of nitrogen functional groups attached to an aromatic ring is 1. The van der Waals surface area contributed by atoms with Gasteiger partial charge in [0.25, 0.3) is 0 Å². The smallest absolute Gasteiger partial charge is 0.0378 e. The third-order valence-electron chi connectivity index (χ3n) is 4.99. The van der Waals surface area contributed by atoms with E-state index in [1.54, 1.807) is 6.20 Å². The van der Waals surface area contributed by atoms with Gasteiger partial charge in [-0.05, 0) is 64.9 Å². The van der Waals surface area contributed by atoms with Gasteiger partial charge in [-0.2, -0.15) is 0 Å². The molecular weight excluding hydrogens is 260 g/mol.